The number of hydrogen-bond donors (Lipinski definition) is 1. The Hall–Kier alpha value is -0.970. The van der Waals surface area contributed by atoms with Crippen molar-refractivity contribution in [3.8, 4) is 5.75 Å². The maximum atomic E-state index is 5.87. The van der Waals surface area contributed by atoms with Gasteiger partial charge in [0.2, 0.25) is 0 Å². The molecular weight excluding hydrogens is 417 g/mol. The first-order valence-electron chi connectivity index (χ1n) is 6.31. The summed E-state index contributed by atoms with van der Waals surface area (Å²) in [5, 5.41) is 4.08. The highest BCUT2D eigenvalue weighted by Gasteiger charge is 2.08. The third kappa shape index (κ3) is 4.77. The van der Waals surface area contributed by atoms with Crippen LogP contribution in [-0.2, 0) is 6.54 Å². The minimum Gasteiger partial charge on any atom is -0.487 e. The van der Waals surface area contributed by atoms with Crippen LogP contribution in [0.5, 0.6) is 5.75 Å². The molecule has 0 aliphatic carbocycles. The monoisotopic (exact) mass is 429 g/mol. The molecule has 0 radical (unpaired) electrons. The van der Waals surface area contributed by atoms with Gasteiger partial charge in [0.05, 0.1) is 8.95 Å². The first-order valence-corrected chi connectivity index (χ1v) is 8.27. The molecular formula is C16H14Br2ClNO. The molecule has 0 fully saturated rings. The average molecular weight is 432 g/mol. The maximum Gasteiger partial charge on any atom is 0.148 e. The van der Waals surface area contributed by atoms with Crippen LogP contribution >= 0.6 is 43.5 Å². The quantitative estimate of drug-likeness (QED) is 0.563. The van der Waals surface area contributed by atoms with Gasteiger partial charge < -0.3 is 10.1 Å². The summed E-state index contributed by atoms with van der Waals surface area (Å²) in [4.78, 5) is 0. The SMILES string of the molecule is C=CCOc1c(Br)cc(CNc2ccc(Cl)cc2)cc1Br. The summed E-state index contributed by atoms with van der Waals surface area (Å²) in [6.07, 6.45) is 1.72. The Morgan fingerprint density at radius 2 is 1.76 bits per heavy atom. The van der Waals surface area contributed by atoms with Gasteiger partial charge in [0.25, 0.3) is 0 Å². The lowest BCUT2D eigenvalue weighted by Crippen LogP contribution is -2.01. The molecule has 0 unspecified atom stereocenters. The highest BCUT2D eigenvalue weighted by Crippen LogP contribution is 2.35. The average Bonchev–Trinajstić information content (AvgIpc) is 2.46. The summed E-state index contributed by atoms with van der Waals surface area (Å²) in [7, 11) is 0. The lowest BCUT2D eigenvalue weighted by molar-refractivity contribution is 0.358. The molecule has 2 aromatic rings. The Morgan fingerprint density at radius 1 is 1.14 bits per heavy atom. The van der Waals surface area contributed by atoms with E-state index in [9.17, 15) is 0 Å². The van der Waals surface area contributed by atoms with Crippen LogP contribution in [0.15, 0.2) is 58.0 Å². The Kier molecular flexibility index (Phi) is 6.15. The van der Waals surface area contributed by atoms with E-state index in [4.69, 9.17) is 16.3 Å². The Labute approximate surface area is 146 Å². The van der Waals surface area contributed by atoms with Gasteiger partial charge in [-0.05, 0) is 73.8 Å². The molecule has 2 nitrogen and oxygen atoms in total. The minimum atomic E-state index is 0.472. The number of ether oxygens (including phenoxy) is 1. The number of benzene rings is 2. The molecule has 2 aromatic carbocycles. The number of anilines is 1. The summed E-state index contributed by atoms with van der Waals surface area (Å²) in [6, 6.07) is 11.7. The van der Waals surface area contributed by atoms with Crippen LogP contribution < -0.4 is 10.1 Å². The fourth-order valence-corrected chi connectivity index (χ4v) is 3.40. The molecule has 0 saturated heterocycles. The van der Waals surface area contributed by atoms with E-state index in [1.807, 2.05) is 36.4 Å². The third-order valence-electron chi connectivity index (χ3n) is 2.74. The zero-order chi connectivity index (χ0) is 15.2. The molecule has 0 aliphatic heterocycles. The van der Waals surface area contributed by atoms with Crippen LogP contribution in [0, 0.1) is 0 Å². The molecule has 5 heteroatoms. The van der Waals surface area contributed by atoms with E-state index in [2.05, 4.69) is 43.8 Å². The summed E-state index contributed by atoms with van der Waals surface area (Å²) >= 11 is 12.9. The van der Waals surface area contributed by atoms with Crippen LogP contribution in [-0.4, -0.2) is 6.61 Å². The molecule has 0 aromatic heterocycles. The lowest BCUT2D eigenvalue weighted by Gasteiger charge is -2.12. The van der Waals surface area contributed by atoms with E-state index in [0.29, 0.717) is 13.2 Å². The molecule has 0 atom stereocenters. The molecule has 0 saturated carbocycles. The van der Waals surface area contributed by atoms with Crippen molar-refractivity contribution in [2.24, 2.45) is 0 Å². The smallest absolute Gasteiger partial charge is 0.148 e. The summed E-state index contributed by atoms with van der Waals surface area (Å²) in [6.45, 7) is 4.83. The van der Waals surface area contributed by atoms with Crippen molar-refractivity contribution in [1.29, 1.82) is 0 Å². The maximum absolute atomic E-state index is 5.87. The van der Waals surface area contributed by atoms with E-state index in [-0.39, 0.29) is 0 Å². The second-order valence-electron chi connectivity index (χ2n) is 4.35. The molecule has 0 aliphatic rings. The molecule has 0 bridgehead atoms. The van der Waals surface area contributed by atoms with E-state index in [1.165, 1.54) is 0 Å². The molecule has 0 spiro atoms. The molecule has 0 heterocycles. The fraction of sp³-hybridized carbons (Fsp3) is 0.125. The predicted octanol–water partition coefficient (Wildman–Crippen LogP) is 6.04. The molecule has 21 heavy (non-hydrogen) atoms. The second kappa shape index (κ2) is 7.87. The van der Waals surface area contributed by atoms with E-state index < -0.39 is 0 Å². The van der Waals surface area contributed by atoms with Crippen LogP contribution in [0.1, 0.15) is 5.56 Å². The van der Waals surface area contributed by atoms with Gasteiger partial charge in [-0.1, -0.05) is 24.3 Å². The Morgan fingerprint density at radius 3 is 2.33 bits per heavy atom. The summed E-state index contributed by atoms with van der Waals surface area (Å²) < 4.78 is 7.42. The highest BCUT2D eigenvalue weighted by molar-refractivity contribution is 9.11. The van der Waals surface area contributed by atoms with Crippen molar-refractivity contribution in [2.45, 2.75) is 6.54 Å². The number of nitrogens with one attached hydrogen (secondary N) is 1. The van der Waals surface area contributed by atoms with Crippen molar-refractivity contribution in [3.63, 3.8) is 0 Å². The standard InChI is InChI=1S/C16H14Br2ClNO/c1-2-7-21-16-14(17)8-11(9-15(16)18)10-20-13-5-3-12(19)4-6-13/h2-6,8-9,20H,1,7,10H2. The van der Waals surface area contributed by atoms with Crippen molar-refractivity contribution >= 4 is 49.1 Å². The zero-order valence-electron chi connectivity index (χ0n) is 11.2. The van der Waals surface area contributed by atoms with Gasteiger partial charge in [0.1, 0.15) is 12.4 Å². The zero-order valence-corrected chi connectivity index (χ0v) is 15.1. The fourth-order valence-electron chi connectivity index (χ4n) is 1.77. The largest absolute Gasteiger partial charge is 0.487 e. The van der Waals surface area contributed by atoms with Gasteiger partial charge in [-0.25, -0.2) is 0 Å². The molecule has 1 N–H and O–H groups in total. The highest BCUT2D eigenvalue weighted by atomic mass is 79.9. The normalized spacial score (nSPS) is 10.2. The summed E-state index contributed by atoms with van der Waals surface area (Å²) in [5.74, 6) is 0.783. The summed E-state index contributed by atoms with van der Waals surface area (Å²) in [5.41, 5.74) is 2.16. The van der Waals surface area contributed by atoms with Crippen molar-refractivity contribution in [1.82, 2.24) is 0 Å². The van der Waals surface area contributed by atoms with Gasteiger partial charge in [-0.2, -0.15) is 0 Å². The number of hydrogen-bond acceptors (Lipinski definition) is 2. The Bertz CT molecular complexity index is 606. The number of rotatable bonds is 6. The van der Waals surface area contributed by atoms with Crippen LogP contribution in [0.25, 0.3) is 0 Å². The first-order chi connectivity index (χ1) is 10.1. The van der Waals surface area contributed by atoms with Gasteiger partial charge in [-0.15, -0.1) is 0 Å². The van der Waals surface area contributed by atoms with Crippen molar-refractivity contribution < 1.29 is 4.74 Å². The molecule has 0 amide bonds. The van der Waals surface area contributed by atoms with Crippen molar-refractivity contribution in [3.05, 3.63) is 68.6 Å². The van der Waals surface area contributed by atoms with E-state index >= 15 is 0 Å². The van der Waals surface area contributed by atoms with Gasteiger partial charge >= 0.3 is 0 Å². The van der Waals surface area contributed by atoms with Gasteiger partial charge in [0.15, 0.2) is 0 Å². The van der Waals surface area contributed by atoms with Crippen LogP contribution in [0.4, 0.5) is 5.69 Å². The first kappa shape index (κ1) is 16.4. The topological polar surface area (TPSA) is 21.3 Å². The molecule has 2 rings (SSSR count). The lowest BCUT2D eigenvalue weighted by atomic mass is 10.2. The minimum absolute atomic E-state index is 0.472. The third-order valence-corrected chi connectivity index (χ3v) is 4.17. The van der Waals surface area contributed by atoms with E-state index in [0.717, 1.165) is 31.0 Å². The molecule has 110 valence electrons. The Balaban J connectivity index is 2.07. The van der Waals surface area contributed by atoms with Crippen LogP contribution in [0.3, 0.4) is 0 Å². The number of halogens is 3. The predicted molar refractivity (Wildman–Crippen MR) is 96.3 cm³/mol. The van der Waals surface area contributed by atoms with E-state index in [1.54, 1.807) is 6.08 Å². The second-order valence-corrected chi connectivity index (χ2v) is 6.49. The van der Waals surface area contributed by atoms with Gasteiger partial charge in [-0.3, -0.25) is 0 Å². The van der Waals surface area contributed by atoms with Gasteiger partial charge in [0, 0.05) is 17.3 Å². The van der Waals surface area contributed by atoms with Crippen LogP contribution in [0.2, 0.25) is 5.02 Å². The van der Waals surface area contributed by atoms with Crippen molar-refractivity contribution in [2.75, 3.05) is 11.9 Å².